The number of rotatable bonds is 4. The van der Waals surface area contributed by atoms with Crippen LogP contribution in [0.2, 0.25) is 0 Å². The molecule has 0 amide bonds. The molecule has 1 heterocycles. The summed E-state index contributed by atoms with van der Waals surface area (Å²) in [5, 5.41) is 0. The maximum atomic E-state index is 4.98. The summed E-state index contributed by atoms with van der Waals surface area (Å²) in [6, 6.07) is 0. The lowest BCUT2D eigenvalue weighted by Crippen LogP contribution is -1.81. The van der Waals surface area contributed by atoms with E-state index < -0.39 is 0 Å². The highest BCUT2D eigenvalue weighted by Gasteiger charge is 2.23. The van der Waals surface area contributed by atoms with Gasteiger partial charge in [-0.05, 0) is 0 Å². The molecule has 1 fully saturated rings. The van der Waals surface area contributed by atoms with Gasteiger partial charge in [0, 0.05) is 12.0 Å². The standard InChI is InChI=1S/C5H8O2S/c1-2-3-7-8-5-4-6-5/h2,5H,1,3-4H2. The lowest BCUT2D eigenvalue weighted by atomic mass is 10.7. The van der Waals surface area contributed by atoms with Crippen molar-refractivity contribution in [3.8, 4) is 0 Å². The van der Waals surface area contributed by atoms with Crippen LogP contribution < -0.4 is 0 Å². The zero-order valence-corrected chi connectivity index (χ0v) is 5.32. The molecule has 46 valence electrons. The van der Waals surface area contributed by atoms with E-state index in [1.54, 1.807) is 6.08 Å². The molecular formula is C5H8O2S. The predicted molar refractivity (Wildman–Crippen MR) is 33.5 cm³/mol. The second-order valence-electron chi connectivity index (χ2n) is 1.43. The van der Waals surface area contributed by atoms with Gasteiger partial charge < -0.3 is 8.92 Å². The molecular weight excluding hydrogens is 124 g/mol. The molecule has 1 aliphatic heterocycles. The van der Waals surface area contributed by atoms with Gasteiger partial charge in [-0.2, -0.15) is 0 Å². The minimum absolute atomic E-state index is 0.301. The fourth-order valence-corrected chi connectivity index (χ4v) is 0.774. The van der Waals surface area contributed by atoms with E-state index in [-0.39, 0.29) is 0 Å². The summed E-state index contributed by atoms with van der Waals surface area (Å²) in [5.41, 5.74) is 0.301. The Morgan fingerprint density at radius 1 is 2.00 bits per heavy atom. The molecule has 1 saturated heterocycles. The van der Waals surface area contributed by atoms with Gasteiger partial charge in [-0.25, -0.2) is 0 Å². The van der Waals surface area contributed by atoms with Gasteiger partial charge in [-0.15, -0.1) is 6.58 Å². The van der Waals surface area contributed by atoms with Crippen LogP contribution in [0.15, 0.2) is 12.7 Å². The Morgan fingerprint density at radius 2 is 2.75 bits per heavy atom. The zero-order chi connectivity index (χ0) is 5.82. The third kappa shape index (κ3) is 2.35. The summed E-state index contributed by atoms with van der Waals surface area (Å²) in [7, 11) is 0. The van der Waals surface area contributed by atoms with E-state index in [0.717, 1.165) is 6.61 Å². The van der Waals surface area contributed by atoms with Crippen molar-refractivity contribution in [3.63, 3.8) is 0 Å². The lowest BCUT2D eigenvalue weighted by Gasteiger charge is -1.90. The van der Waals surface area contributed by atoms with Crippen LogP contribution in [0.25, 0.3) is 0 Å². The van der Waals surface area contributed by atoms with Crippen LogP contribution in [0.5, 0.6) is 0 Å². The molecule has 0 saturated carbocycles. The molecule has 0 radical (unpaired) electrons. The number of hydrogen-bond acceptors (Lipinski definition) is 3. The van der Waals surface area contributed by atoms with Crippen LogP contribution in [0.4, 0.5) is 0 Å². The number of epoxide rings is 1. The molecule has 0 aromatic carbocycles. The van der Waals surface area contributed by atoms with E-state index in [4.69, 9.17) is 8.92 Å². The molecule has 0 aliphatic carbocycles. The van der Waals surface area contributed by atoms with E-state index in [1.807, 2.05) is 0 Å². The van der Waals surface area contributed by atoms with Crippen molar-refractivity contribution in [2.45, 2.75) is 5.44 Å². The number of hydrogen-bond donors (Lipinski definition) is 0. The fourth-order valence-electron chi connectivity index (χ4n) is 0.258. The minimum atomic E-state index is 0.301. The van der Waals surface area contributed by atoms with Gasteiger partial charge in [0.15, 0.2) is 5.44 Å². The van der Waals surface area contributed by atoms with Gasteiger partial charge in [-0.3, -0.25) is 0 Å². The highest BCUT2D eigenvalue weighted by molar-refractivity contribution is 7.95. The maximum Gasteiger partial charge on any atom is 0.152 e. The molecule has 1 rings (SSSR count). The third-order valence-corrected chi connectivity index (χ3v) is 1.42. The van der Waals surface area contributed by atoms with Crippen molar-refractivity contribution in [1.82, 2.24) is 0 Å². The second kappa shape index (κ2) is 3.12. The predicted octanol–water partition coefficient (Wildman–Crippen LogP) is 1.19. The van der Waals surface area contributed by atoms with E-state index in [1.165, 1.54) is 12.0 Å². The molecule has 8 heavy (non-hydrogen) atoms. The summed E-state index contributed by atoms with van der Waals surface area (Å²) >= 11 is 1.37. The maximum absolute atomic E-state index is 4.98. The highest BCUT2D eigenvalue weighted by atomic mass is 32.2. The van der Waals surface area contributed by atoms with E-state index in [0.29, 0.717) is 12.0 Å². The highest BCUT2D eigenvalue weighted by Crippen LogP contribution is 2.24. The third-order valence-electron chi connectivity index (χ3n) is 0.664. The van der Waals surface area contributed by atoms with Crippen molar-refractivity contribution in [1.29, 1.82) is 0 Å². The van der Waals surface area contributed by atoms with E-state index in [9.17, 15) is 0 Å². The first-order chi connectivity index (χ1) is 3.93. The van der Waals surface area contributed by atoms with Gasteiger partial charge in [0.25, 0.3) is 0 Å². The summed E-state index contributed by atoms with van der Waals surface area (Å²) in [6.45, 7) is 4.94. The quantitative estimate of drug-likeness (QED) is 0.248. The van der Waals surface area contributed by atoms with Crippen LogP contribution in [0.1, 0.15) is 0 Å². The van der Waals surface area contributed by atoms with Crippen molar-refractivity contribution in [3.05, 3.63) is 12.7 Å². The molecule has 1 aliphatic rings. The normalized spacial score (nSPS) is 25.2. The van der Waals surface area contributed by atoms with Gasteiger partial charge >= 0.3 is 0 Å². The van der Waals surface area contributed by atoms with Gasteiger partial charge in [0.2, 0.25) is 0 Å². The molecule has 0 aromatic heterocycles. The largest absolute Gasteiger partial charge is 0.359 e. The van der Waals surface area contributed by atoms with Crippen molar-refractivity contribution < 1.29 is 8.92 Å². The van der Waals surface area contributed by atoms with Crippen molar-refractivity contribution in [2.24, 2.45) is 0 Å². The summed E-state index contributed by atoms with van der Waals surface area (Å²) in [4.78, 5) is 0. The van der Waals surface area contributed by atoms with Crippen LogP contribution >= 0.6 is 12.0 Å². The Morgan fingerprint density at radius 3 is 3.25 bits per heavy atom. The smallest absolute Gasteiger partial charge is 0.152 e. The fraction of sp³-hybridized carbons (Fsp3) is 0.600. The second-order valence-corrected chi connectivity index (χ2v) is 2.39. The Labute approximate surface area is 53.1 Å². The van der Waals surface area contributed by atoms with Crippen LogP contribution in [-0.2, 0) is 8.92 Å². The average molecular weight is 132 g/mol. The topological polar surface area (TPSA) is 21.8 Å². The molecule has 2 nitrogen and oxygen atoms in total. The average Bonchev–Trinajstić information content (AvgIpc) is 2.51. The molecule has 0 N–H and O–H groups in total. The molecule has 1 unspecified atom stereocenters. The SMILES string of the molecule is C=CCOSC1CO1. The van der Waals surface area contributed by atoms with Gasteiger partial charge in [0.1, 0.15) is 0 Å². The molecule has 0 bridgehead atoms. The van der Waals surface area contributed by atoms with Crippen molar-refractivity contribution in [2.75, 3.05) is 13.2 Å². The Kier molecular flexibility index (Phi) is 2.39. The van der Waals surface area contributed by atoms with Crippen LogP contribution in [0.3, 0.4) is 0 Å². The minimum Gasteiger partial charge on any atom is -0.359 e. The van der Waals surface area contributed by atoms with Crippen LogP contribution in [0, 0.1) is 0 Å². The summed E-state index contributed by atoms with van der Waals surface area (Å²) < 4.78 is 9.84. The Hall–Kier alpha value is 0.01000. The number of ether oxygens (including phenoxy) is 1. The van der Waals surface area contributed by atoms with Gasteiger partial charge in [-0.1, -0.05) is 6.08 Å². The monoisotopic (exact) mass is 132 g/mol. The first kappa shape index (κ1) is 6.13. The molecule has 3 heteroatoms. The zero-order valence-electron chi connectivity index (χ0n) is 4.50. The first-order valence-corrected chi connectivity index (χ1v) is 3.24. The van der Waals surface area contributed by atoms with Gasteiger partial charge in [0.05, 0.1) is 13.2 Å². The molecule has 1 atom stereocenters. The summed E-state index contributed by atoms with van der Waals surface area (Å²) in [6.07, 6.45) is 1.72. The molecule has 0 spiro atoms. The Bertz CT molecular complexity index is 80.5. The van der Waals surface area contributed by atoms with E-state index in [2.05, 4.69) is 6.58 Å². The van der Waals surface area contributed by atoms with Crippen molar-refractivity contribution >= 4 is 12.0 Å². The van der Waals surface area contributed by atoms with Crippen LogP contribution in [-0.4, -0.2) is 18.6 Å². The molecule has 0 aromatic rings. The lowest BCUT2D eigenvalue weighted by molar-refractivity contribution is 0.406. The van der Waals surface area contributed by atoms with E-state index >= 15 is 0 Å². The Balaban J connectivity index is 1.80. The first-order valence-electron chi connectivity index (χ1n) is 2.44. The summed E-state index contributed by atoms with van der Waals surface area (Å²) in [5.74, 6) is 0.